The van der Waals surface area contributed by atoms with Crippen molar-refractivity contribution >= 4 is 31.3 Å². The number of hydrogen-bond acceptors (Lipinski definition) is 3. The van der Waals surface area contributed by atoms with Crippen molar-refractivity contribution in [3.63, 3.8) is 0 Å². The van der Waals surface area contributed by atoms with Gasteiger partial charge in [-0.1, -0.05) is 12.1 Å². The van der Waals surface area contributed by atoms with Crippen molar-refractivity contribution in [2.75, 3.05) is 0 Å². The molecule has 0 saturated heterocycles. The van der Waals surface area contributed by atoms with Crippen LogP contribution in [-0.4, -0.2) is 8.42 Å². The van der Waals surface area contributed by atoms with E-state index in [1.165, 1.54) is 0 Å². The van der Waals surface area contributed by atoms with Crippen LogP contribution < -0.4 is 0 Å². The van der Waals surface area contributed by atoms with Crippen molar-refractivity contribution in [2.24, 2.45) is 0 Å². The van der Waals surface area contributed by atoms with Crippen molar-refractivity contribution in [2.45, 2.75) is 17.7 Å². The van der Waals surface area contributed by atoms with Crippen LogP contribution in [0, 0.1) is 18.3 Å². The monoisotopic (exact) mass is 263 g/mol. The van der Waals surface area contributed by atoms with E-state index in [-0.39, 0.29) is 16.3 Å². The molecule has 0 amide bonds. The first kappa shape index (κ1) is 12.3. The van der Waals surface area contributed by atoms with Gasteiger partial charge in [-0.2, -0.15) is 5.26 Å². The Morgan fingerprint density at radius 1 is 1.47 bits per heavy atom. The molecule has 1 aromatic carbocycles. The Kier molecular flexibility index (Phi) is 3.61. The molecule has 0 aliphatic rings. The van der Waals surface area contributed by atoms with Crippen molar-refractivity contribution < 1.29 is 8.42 Å². The van der Waals surface area contributed by atoms with Crippen molar-refractivity contribution in [1.29, 1.82) is 5.26 Å². The van der Waals surface area contributed by atoms with Crippen LogP contribution in [0.2, 0.25) is 0 Å². The highest BCUT2D eigenvalue weighted by atomic mass is 35.7. The molecule has 0 unspecified atom stereocenters. The molecule has 0 N–H and O–H groups in total. The predicted octanol–water partition coefficient (Wildman–Crippen LogP) is 2.53. The molecular formula is C9H7Cl2NO2S. The summed E-state index contributed by atoms with van der Waals surface area (Å²) in [5.41, 5.74) is 0.930. The van der Waals surface area contributed by atoms with E-state index < -0.39 is 9.05 Å². The summed E-state index contributed by atoms with van der Waals surface area (Å²) in [6.07, 6.45) is 0. The predicted molar refractivity (Wildman–Crippen MR) is 58.5 cm³/mol. The molecule has 0 heterocycles. The SMILES string of the molecule is Cc1ccc(CCl)c(C#N)c1S(=O)(=O)Cl. The van der Waals surface area contributed by atoms with Gasteiger partial charge in [-0.3, -0.25) is 0 Å². The third-order valence-corrected chi connectivity index (χ3v) is 3.71. The number of alkyl halides is 1. The van der Waals surface area contributed by atoms with E-state index >= 15 is 0 Å². The van der Waals surface area contributed by atoms with Crippen LogP contribution in [0.15, 0.2) is 17.0 Å². The van der Waals surface area contributed by atoms with Crippen LogP contribution in [-0.2, 0) is 14.9 Å². The highest BCUT2D eigenvalue weighted by molar-refractivity contribution is 8.13. The van der Waals surface area contributed by atoms with Crippen LogP contribution >= 0.6 is 22.3 Å². The maximum atomic E-state index is 11.3. The molecular weight excluding hydrogens is 257 g/mol. The van der Waals surface area contributed by atoms with Crippen LogP contribution in [0.4, 0.5) is 0 Å². The molecule has 1 rings (SSSR count). The van der Waals surface area contributed by atoms with Gasteiger partial charge in [-0.25, -0.2) is 8.42 Å². The standard InChI is InChI=1S/C9H7Cl2NO2S/c1-6-2-3-7(4-10)8(5-12)9(6)15(11,13)14/h2-3H,4H2,1H3. The number of halogens is 2. The summed E-state index contributed by atoms with van der Waals surface area (Å²) in [5, 5.41) is 8.89. The zero-order valence-corrected chi connectivity index (χ0v) is 10.1. The lowest BCUT2D eigenvalue weighted by molar-refractivity contribution is 0.608. The first-order valence-corrected chi connectivity index (χ1v) is 6.79. The zero-order chi connectivity index (χ0) is 11.6. The van der Waals surface area contributed by atoms with E-state index in [9.17, 15) is 8.42 Å². The van der Waals surface area contributed by atoms with E-state index in [0.717, 1.165) is 0 Å². The van der Waals surface area contributed by atoms with Crippen molar-refractivity contribution in [3.8, 4) is 6.07 Å². The van der Waals surface area contributed by atoms with Gasteiger partial charge in [-0.05, 0) is 18.1 Å². The minimum Gasteiger partial charge on any atom is -0.207 e. The van der Waals surface area contributed by atoms with Gasteiger partial charge in [0.1, 0.15) is 11.0 Å². The lowest BCUT2D eigenvalue weighted by atomic mass is 10.1. The Hall–Kier alpha value is -0.760. The Morgan fingerprint density at radius 3 is 2.47 bits per heavy atom. The van der Waals surface area contributed by atoms with Gasteiger partial charge < -0.3 is 0 Å². The van der Waals surface area contributed by atoms with E-state index in [0.29, 0.717) is 11.1 Å². The van der Waals surface area contributed by atoms with E-state index in [1.807, 2.05) is 6.07 Å². The molecule has 0 atom stereocenters. The molecule has 3 nitrogen and oxygen atoms in total. The summed E-state index contributed by atoms with van der Waals surface area (Å²) >= 11 is 5.60. The molecule has 0 aliphatic carbocycles. The number of nitrogens with zero attached hydrogens (tertiary/aromatic N) is 1. The molecule has 0 spiro atoms. The molecule has 1 aromatic rings. The van der Waals surface area contributed by atoms with E-state index in [2.05, 4.69) is 0 Å². The van der Waals surface area contributed by atoms with Crippen molar-refractivity contribution in [1.82, 2.24) is 0 Å². The number of hydrogen-bond donors (Lipinski definition) is 0. The largest absolute Gasteiger partial charge is 0.262 e. The summed E-state index contributed by atoms with van der Waals surface area (Å²) in [7, 11) is 1.34. The molecule has 0 saturated carbocycles. The molecule has 0 radical (unpaired) electrons. The maximum absolute atomic E-state index is 11.3. The van der Waals surface area contributed by atoms with Gasteiger partial charge >= 0.3 is 0 Å². The summed E-state index contributed by atoms with van der Waals surface area (Å²) in [5.74, 6) is 0.0720. The fourth-order valence-electron chi connectivity index (χ4n) is 1.28. The Bertz CT molecular complexity index is 532. The molecule has 0 aliphatic heterocycles. The molecule has 0 aromatic heterocycles. The van der Waals surface area contributed by atoms with Gasteiger partial charge in [-0.15, -0.1) is 11.6 Å². The second-order valence-corrected chi connectivity index (χ2v) is 5.70. The maximum Gasteiger partial charge on any atom is 0.262 e. The van der Waals surface area contributed by atoms with Crippen LogP contribution in [0.3, 0.4) is 0 Å². The third kappa shape index (κ3) is 2.43. The first-order chi connectivity index (χ1) is 6.91. The summed E-state index contributed by atoms with van der Waals surface area (Å²) < 4.78 is 22.5. The van der Waals surface area contributed by atoms with Gasteiger partial charge in [0.05, 0.1) is 5.56 Å². The highest BCUT2D eigenvalue weighted by Crippen LogP contribution is 2.27. The fourth-order valence-corrected chi connectivity index (χ4v) is 2.97. The van der Waals surface area contributed by atoms with E-state index in [1.54, 1.807) is 19.1 Å². The quantitative estimate of drug-likeness (QED) is 0.609. The second-order valence-electron chi connectivity index (χ2n) is 2.93. The van der Waals surface area contributed by atoms with Crippen LogP contribution in [0.25, 0.3) is 0 Å². The van der Waals surface area contributed by atoms with Crippen LogP contribution in [0.1, 0.15) is 16.7 Å². The summed E-state index contributed by atoms with van der Waals surface area (Å²) in [6.45, 7) is 1.58. The molecule has 0 bridgehead atoms. The van der Waals surface area contributed by atoms with Gasteiger partial charge in [0.25, 0.3) is 9.05 Å². The number of rotatable bonds is 2. The number of aryl methyl sites for hydroxylation is 1. The molecule has 80 valence electrons. The lowest BCUT2D eigenvalue weighted by Crippen LogP contribution is -2.01. The normalized spacial score (nSPS) is 11.1. The van der Waals surface area contributed by atoms with Crippen LogP contribution in [0.5, 0.6) is 0 Å². The molecule has 6 heteroatoms. The van der Waals surface area contributed by atoms with E-state index in [4.69, 9.17) is 27.5 Å². The highest BCUT2D eigenvalue weighted by Gasteiger charge is 2.20. The molecule has 0 fully saturated rings. The summed E-state index contributed by atoms with van der Waals surface area (Å²) in [6, 6.07) is 5.01. The summed E-state index contributed by atoms with van der Waals surface area (Å²) in [4.78, 5) is -0.148. The minimum absolute atomic E-state index is 0.0278. The fraction of sp³-hybridized carbons (Fsp3) is 0.222. The Balaban J connectivity index is 3.71. The van der Waals surface area contributed by atoms with Gasteiger partial charge in [0, 0.05) is 16.6 Å². The van der Waals surface area contributed by atoms with Crippen molar-refractivity contribution in [3.05, 3.63) is 28.8 Å². The van der Waals surface area contributed by atoms with Gasteiger partial charge in [0.2, 0.25) is 0 Å². The topological polar surface area (TPSA) is 57.9 Å². The average Bonchev–Trinajstić information content (AvgIpc) is 2.15. The lowest BCUT2D eigenvalue weighted by Gasteiger charge is -2.07. The Morgan fingerprint density at radius 2 is 2.07 bits per heavy atom. The smallest absolute Gasteiger partial charge is 0.207 e. The third-order valence-electron chi connectivity index (χ3n) is 1.94. The Labute approximate surface area is 97.7 Å². The molecule has 15 heavy (non-hydrogen) atoms. The minimum atomic E-state index is -3.92. The first-order valence-electron chi connectivity index (χ1n) is 3.95. The second kappa shape index (κ2) is 4.40. The average molecular weight is 264 g/mol. The number of nitriles is 1. The number of benzene rings is 1. The van der Waals surface area contributed by atoms with Gasteiger partial charge in [0.15, 0.2) is 0 Å². The zero-order valence-electron chi connectivity index (χ0n) is 7.79.